The van der Waals surface area contributed by atoms with Crippen LogP contribution in [0.2, 0.25) is 0 Å². The third-order valence-electron chi connectivity index (χ3n) is 3.82. The molecule has 0 aromatic heterocycles. The van der Waals surface area contributed by atoms with Gasteiger partial charge in [0, 0.05) is 18.4 Å². The van der Waals surface area contributed by atoms with Gasteiger partial charge in [-0.25, -0.2) is 8.42 Å². The van der Waals surface area contributed by atoms with Crippen LogP contribution in [-0.4, -0.2) is 27.1 Å². The third-order valence-corrected chi connectivity index (χ3v) is 4.95. The number of hydrogen-bond acceptors (Lipinski definition) is 3. The van der Waals surface area contributed by atoms with Crippen LogP contribution in [0.4, 0.5) is 0 Å². The molecular weight excluding hydrogens is 274 g/mol. The Morgan fingerprint density at radius 2 is 1.75 bits per heavy atom. The monoisotopic (exact) mass is 295 g/mol. The Hall–Kier alpha value is -1.36. The van der Waals surface area contributed by atoms with Crippen LogP contribution in [0, 0.1) is 5.92 Å². The largest absolute Gasteiger partial charge is 0.352 e. The van der Waals surface area contributed by atoms with Gasteiger partial charge < -0.3 is 5.32 Å². The van der Waals surface area contributed by atoms with Crippen molar-refractivity contribution in [2.24, 2.45) is 5.92 Å². The highest BCUT2D eigenvalue weighted by Gasteiger charge is 2.15. The predicted octanol–water partition coefficient (Wildman–Crippen LogP) is 2.40. The Morgan fingerprint density at radius 1 is 1.15 bits per heavy atom. The van der Waals surface area contributed by atoms with Crippen molar-refractivity contribution in [2.75, 3.05) is 12.8 Å². The lowest BCUT2D eigenvalue weighted by Crippen LogP contribution is -2.30. The van der Waals surface area contributed by atoms with Gasteiger partial charge in [0.05, 0.1) is 4.90 Å². The first kappa shape index (κ1) is 15.0. The Morgan fingerprint density at radius 3 is 2.30 bits per heavy atom. The zero-order valence-electron chi connectivity index (χ0n) is 11.8. The quantitative estimate of drug-likeness (QED) is 0.927. The van der Waals surface area contributed by atoms with E-state index in [1.165, 1.54) is 44.2 Å². The first-order valence-electron chi connectivity index (χ1n) is 7.05. The molecule has 0 radical (unpaired) electrons. The van der Waals surface area contributed by atoms with Crippen molar-refractivity contribution in [2.45, 2.75) is 37.0 Å². The van der Waals surface area contributed by atoms with E-state index in [1.807, 2.05) is 0 Å². The van der Waals surface area contributed by atoms with Crippen LogP contribution in [0.25, 0.3) is 0 Å². The SMILES string of the molecule is CS(=O)(=O)c1ccc(C(=O)NCC2CCCCC2)cc1. The predicted molar refractivity (Wildman–Crippen MR) is 78.5 cm³/mol. The van der Waals surface area contributed by atoms with Crippen molar-refractivity contribution < 1.29 is 13.2 Å². The molecule has 0 unspecified atom stereocenters. The topological polar surface area (TPSA) is 63.2 Å². The highest BCUT2D eigenvalue weighted by molar-refractivity contribution is 7.90. The summed E-state index contributed by atoms with van der Waals surface area (Å²) in [6.07, 6.45) is 7.34. The van der Waals surface area contributed by atoms with Gasteiger partial charge in [-0.3, -0.25) is 4.79 Å². The van der Waals surface area contributed by atoms with Crippen molar-refractivity contribution in [1.82, 2.24) is 5.32 Å². The molecule has 1 aliphatic rings. The molecule has 0 saturated heterocycles. The smallest absolute Gasteiger partial charge is 0.251 e. The molecule has 5 heteroatoms. The number of nitrogens with one attached hydrogen (secondary N) is 1. The summed E-state index contributed by atoms with van der Waals surface area (Å²) in [4.78, 5) is 12.2. The van der Waals surface area contributed by atoms with Crippen LogP contribution in [0.15, 0.2) is 29.2 Å². The van der Waals surface area contributed by atoms with E-state index in [2.05, 4.69) is 5.32 Å². The van der Waals surface area contributed by atoms with E-state index >= 15 is 0 Å². The number of carbonyl (C=O) groups excluding carboxylic acids is 1. The maximum Gasteiger partial charge on any atom is 0.251 e. The summed E-state index contributed by atoms with van der Waals surface area (Å²) < 4.78 is 22.7. The van der Waals surface area contributed by atoms with Gasteiger partial charge in [0.1, 0.15) is 0 Å². The molecule has 1 aromatic carbocycles. The lowest BCUT2D eigenvalue weighted by molar-refractivity contribution is 0.0943. The van der Waals surface area contributed by atoms with Crippen LogP contribution in [-0.2, 0) is 9.84 Å². The average Bonchev–Trinajstić information content (AvgIpc) is 2.45. The average molecular weight is 295 g/mol. The molecule has 0 aliphatic heterocycles. The van der Waals surface area contributed by atoms with Crippen LogP contribution in [0.5, 0.6) is 0 Å². The van der Waals surface area contributed by atoms with E-state index in [4.69, 9.17) is 0 Å². The van der Waals surface area contributed by atoms with Gasteiger partial charge in [-0.05, 0) is 43.0 Å². The van der Waals surface area contributed by atoms with Crippen LogP contribution >= 0.6 is 0 Å². The van der Waals surface area contributed by atoms with Crippen molar-refractivity contribution in [3.05, 3.63) is 29.8 Å². The molecule has 0 heterocycles. The fraction of sp³-hybridized carbons (Fsp3) is 0.533. The first-order chi connectivity index (χ1) is 9.47. The van der Waals surface area contributed by atoms with Gasteiger partial charge in [-0.1, -0.05) is 19.3 Å². The minimum absolute atomic E-state index is 0.129. The van der Waals surface area contributed by atoms with Crippen molar-refractivity contribution in [3.63, 3.8) is 0 Å². The minimum Gasteiger partial charge on any atom is -0.352 e. The summed E-state index contributed by atoms with van der Waals surface area (Å²) in [5.41, 5.74) is 0.508. The summed E-state index contributed by atoms with van der Waals surface area (Å²) in [7, 11) is -3.21. The van der Waals surface area contributed by atoms with Gasteiger partial charge in [-0.15, -0.1) is 0 Å². The Kier molecular flexibility index (Phi) is 4.81. The third kappa shape index (κ3) is 4.07. The molecule has 1 aromatic rings. The van der Waals surface area contributed by atoms with Crippen molar-refractivity contribution in [3.8, 4) is 0 Å². The number of amides is 1. The summed E-state index contributed by atoms with van der Waals surface area (Å²) in [5, 5.41) is 2.94. The number of benzene rings is 1. The lowest BCUT2D eigenvalue weighted by atomic mass is 9.89. The standard InChI is InChI=1S/C15H21NO3S/c1-20(18,19)14-9-7-13(8-10-14)15(17)16-11-12-5-3-2-4-6-12/h7-10,12H,2-6,11H2,1H3,(H,16,17). The molecule has 1 aliphatic carbocycles. The summed E-state index contributed by atoms with van der Waals surface area (Å²) >= 11 is 0. The zero-order chi connectivity index (χ0) is 14.6. The van der Waals surface area contributed by atoms with Gasteiger partial charge >= 0.3 is 0 Å². The molecule has 1 fully saturated rings. The first-order valence-corrected chi connectivity index (χ1v) is 8.94. The second kappa shape index (κ2) is 6.39. The van der Waals surface area contributed by atoms with E-state index in [1.54, 1.807) is 12.1 Å². The Bertz CT molecular complexity index is 557. The maximum atomic E-state index is 12.0. The molecule has 4 nitrogen and oxygen atoms in total. The van der Waals surface area contributed by atoms with Crippen LogP contribution < -0.4 is 5.32 Å². The molecule has 0 spiro atoms. The van der Waals surface area contributed by atoms with E-state index < -0.39 is 9.84 Å². The van der Waals surface area contributed by atoms with Gasteiger partial charge in [-0.2, -0.15) is 0 Å². The summed E-state index contributed by atoms with van der Waals surface area (Å²) in [6, 6.07) is 6.08. The fourth-order valence-corrected chi connectivity index (χ4v) is 3.21. The second-order valence-electron chi connectivity index (χ2n) is 5.51. The van der Waals surface area contributed by atoms with Gasteiger partial charge in [0.2, 0.25) is 0 Å². The molecule has 20 heavy (non-hydrogen) atoms. The zero-order valence-corrected chi connectivity index (χ0v) is 12.6. The number of sulfone groups is 1. The Labute approximate surface area is 120 Å². The van der Waals surface area contributed by atoms with Gasteiger partial charge in [0.15, 0.2) is 9.84 Å². The minimum atomic E-state index is -3.21. The van der Waals surface area contributed by atoms with E-state index in [-0.39, 0.29) is 10.8 Å². The number of rotatable bonds is 4. The maximum absolute atomic E-state index is 12.0. The molecule has 0 atom stereocenters. The highest BCUT2D eigenvalue weighted by atomic mass is 32.2. The molecule has 1 amide bonds. The molecule has 1 N–H and O–H groups in total. The highest BCUT2D eigenvalue weighted by Crippen LogP contribution is 2.22. The molecule has 0 bridgehead atoms. The second-order valence-corrected chi connectivity index (χ2v) is 7.53. The van der Waals surface area contributed by atoms with E-state index in [0.29, 0.717) is 18.0 Å². The lowest BCUT2D eigenvalue weighted by Gasteiger charge is -2.21. The van der Waals surface area contributed by atoms with E-state index in [0.717, 1.165) is 6.26 Å². The molecular formula is C15H21NO3S. The molecule has 2 rings (SSSR count). The molecule has 1 saturated carbocycles. The fourth-order valence-electron chi connectivity index (χ4n) is 2.58. The number of hydrogen-bond donors (Lipinski definition) is 1. The van der Waals surface area contributed by atoms with Gasteiger partial charge in [0.25, 0.3) is 5.91 Å². The van der Waals surface area contributed by atoms with Crippen molar-refractivity contribution >= 4 is 15.7 Å². The Balaban J connectivity index is 1.92. The summed E-state index contributed by atoms with van der Waals surface area (Å²) in [5.74, 6) is 0.457. The van der Waals surface area contributed by atoms with Crippen molar-refractivity contribution in [1.29, 1.82) is 0 Å². The molecule has 110 valence electrons. The number of carbonyl (C=O) groups is 1. The van der Waals surface area contributed by atoms with Crippen LogP contribution in [0.1, 0.15) is 42.5 Å². The van der Waals surface area contributed by atoms with Crippen LogP contribution in [0.3, 0.4) is 0 Å². The normalized spacial score (nSPS) is 16.9. The summed E-state index contributed by atoms with van der Waals surface area (Å²) in [6.45, 7) is 0.715. The van der Waals surface area contributed by atoms with E-state index in [9.17, 15) is 13.2 Å².